The number of nitrogen functional groups attached to an aromatic ring is 1. The number of nitrogens with two attached hydrogens (primary N) is 3. The summed E-state index contributed by atoms with van der Waals surface area (Å²) >= 11 is 0. The van der Waals surface area contributed by atoms with Crippen LogP contribution in [0.3, 0.4) is 0 Å². The number of alkyl halides is 3. The fourth-order valence-electron chi connectivity index (χ4n) is 1.73. The van der Waals surface area contributed by atoms with Crippen LogP contribution in [0, 0.1) is 5.82 Å². The number of carbonyl (C=O) groups excluding carboxylic acids is 1. The average molecular weight is 385 g/mol. The molecule has 27 heavy (non-hydrogen) atoms. The van der Waals surface area contributed by atoms with Gasteiger partial charge >= 0.3 is 6.18 Å². The maximum atomic E-state index is 12.0. The smallest absolute Gasteiger partial charge is 0.392 e. The minimum atomic E-state index is -4.33. The third-order valence-corrected chi connectivity index (χ3v) is 2.93. The quantitative estimate of drug-likeness (QED) is 0.537. The van der Waals surface area contributed by atoms with Crippen LogP contribution in [0.5, 0.6) is 0 Å². The van der Waals surface area contributed by atoms with Gasteiger partial charge in [-0.25, -0.2) is 4.39 Å². The maximum Gasteiger partial charge on any atom is 0.392 e. The summed E-state index contributed by atoms with van der Waals surface area (Å²) in [7, 11) is 0. The summed E-state index contributed by atoms with van der Waals surface area (Å²) in [5.74, 6) is -0.853. The first-order valence-electron chi connectivity index (χ1n) is 8.03. The molecule has 4 nitrogen and oxygen atoms in total. The predicted molar refractivity (Wildman–Crippen MR) is 100.0 cm³/mol. The molecule has 0 bridgehead atoms. The summed E-state index contributed by atoms with van der Waals surface area (Å²) in [4.78, 5) is 10.9. The summed E-state index contributed by atoms with van der Waals surface area (Å²) in [6, 6.07) is 11.9. The standard InChI is InChI=1S/C11H12F3N3O.C6H5F.C2H6/c12-11(13,14)4-3-8(15)7-2-1-6(10(17)18)5-9(7)16;7-6-4-2-1-3-5-6;1-2/h1-3,5H,4,15-16H2,(H2,17,18);1-5H;1-2H3/b8-3-;;. The van der Waals surface area contributed by atoms with Crippen molar-refractivity contribution in [1.82, 2.24) is 0 Å². The summed E-state index contributed by atoms with van der Waals surface area (Å²) in [6.07, 6.45) is -4.64. The summed E-state index contributed by atoms with van der Waals surface area (Å²) in [5, 5.41) is 0. The van der Waals surface area contributed by atoms with Gasteiger partial charge in [0.15, 0.2) is 0 Å². The molecule has 148 valence electrons. The lowest BCUT2D eigenvalue weighted by Crippen LogP contribution is -2.12. The lowest BCUT2D eigenvalue weighted by atomic mass is 10.1. The SMILES string of the molecule is CC.Fc1ccccc1.NC(=O)c1ccc(/C(N)=C/CC(F)(F)F)c(N)c1. The van der Waals surface area contributed by atoms with Gasteiger partial charge in [0.05, 0.1) is 6.42 Å². The first-order valence-corrected chi connectivity index (χ1v) is 8.03. The molecule has 0 saturated carbocycles. The summed E-state index contributed by atoms with van der Waals surface area (Å²) in [5.41, 5.74) is 16.5. The molecule has 0 aliphatic rings. The number of primary amides is 1. The molecule has 0 unspecified atom stereocenters. The molecule has 0 atom stereocenters. The zero-order chi connectivity index (χ0) is 21.0. The Morgan fingerprint density at radius 2 is 1.59 bits per heavy atom. The van der Waals surface area contributed by atoms with Crippen molar-refractivity contribution < 1.29 is 22.4 Å². The number of carbonyl (C=O) groups is 1. The normalized spacial score (nSPS) is 10.8. The van der Waals surface area contributed by atoms with Crippen LogP contribution in [0.15, 0.2) is 54.6 Å². The second-order valence-electron chi connectivity index (χ2n) is 4.94. The molecular weight excluding hydrogens is 362 g/mol. The van der Waals surface area contributed by atoms with E-state index in [9.17, 15) is 22.4 Å². The molecule has 0 fully saturated rings. The van der Waals surface area contributed by atoms with E-state index < -0.39 is 18.5 Å². The summed E-state index contributed by atoms with van der Waals surface area (Å²) < 4.78 is 47.9. The highest BCUT2D eigenvalue weighted by Crippen LogP contribution is 2.24. The number of rotatable bonds is 3. The highest BCUT2D eigenvalue weighted by atomic mass is 19.4. The third kappa shape index (κ3) is 9.88. The van der Waals surface area contributed by atoms with Crippen molar-refractivity contribution in [3.63, 3.8) is 0 Å². The van der Waals surface area contributed by atoms with Gasteiger partial charge in [-0.2, -0.15) is 13.2 Å². The predicted octanol–water partition coefficient (Wildman–Crippen LogP) is 4.47. The number of amides is 1. The van der Waals surface area contributed by atoms with E-state index in [1.54, 1.807) is 18.2 Å². The Morgan fingerprint density at radius 1 is 1.04 bits per heavy atom. The van der Waals surface area contributed by atoms with E-state index in [1.807, 2.05) is 13.8 Å². The van der Waals surface area contributed by atoms with Crippen molar-refractivity contribution in [2.75, 3.05) is 5.73 Å². The Morgan fingerprint density at radius 3 is 1.96 bits per heavy atom. The van der Waals surface area contributed by atoms with Crippen molar-refractivity contribution in [3.8, 4) is 0 Å². The number of allylic oxidation sites excluding steroid dienone is 1. The van der Waals surface area contributed by atoms with Gasteiger partial charge in [-0.05, 0) is 24.3 Å². The summed E-state index contributed by atoms with van der Waals surface area (Å²) in [6.45, 7) is 4.00. The average Bonchev–Trinajstić information content (AvgIpc) is 2.62. The molecule has 1 amide bonds. The van der Waals surface area contributed by atoms with Crippen molar-refractivity contribution in [2.45, 2.75) is 26.4 Å². The Bertz CT molecular complexity index is 744. The second-order valence-corrected chi connectivity index (χ2v) is 4.94. The molecule has 0 aromatic heterocycles. The van der Waals surface area contributed by atoms with Crippen LogP contribution in [0.2, 0.25) is 0 Å². The lowest BCUT2D eigenvalue weighted by molar-refractivity contribution is -0.124. The van der Waals surface area contributed by atoms with Gasteiger partial charge in [-0.15, -0.1) is 0 Å². The third-order valence-electron chi connectivity index (χ3n) is 2.93. The molecule has 0 heterocycles. The monoisotopic (exact) mass is 385 g/mol. The molecular formula is C19H23F4N3O. The number of hydrogen-bond donors (Lipinski definition) is 3. The number of hydrogen-bond acceptors (Lipinski definition) is 3. The van der Waals surface area contributed by atoms with Crippen molar-refractivity contribution in [3.05, 3.63) is 71.6 Å². The fourth-order valence-corrected chi connectivity index (χ4v) is 1.73. The molecule has 0 aliphatic heterocycles. The van der Waals surface area contributed by atoms with E-state index in [2.05, 4.69) is 0 Å². The highest BCUT2D eigenvalue weighted by molar-refractivity contribution is 5.94. The molecule has 2 rings (SSSR count). The Balaban J connectivity index is 0.000000621. The Kier molecular flexibility index (Phi) is 10.3. The molecule has 0 saturated heterocycles. The first-order chi connectivity index (χ1) is 12.6. The number of benzene rings is 2. The van der Waals surface area contributed by atoms with Gasteiger partial charge < -0.3 is 17.2 Å². The minimum absolute atomic E-state index is 0.0964. The molecule has 2 aromatic carbocycles. The molecule has 6 N–H and O–H groups in total. The van der Waals surface area contributed by atoms with Gasteiger partial charge in [-0.1, -0.05) is 44.2 Å². The van der Waals surface area contributed by atoms with E-state index in [1.165, 1.54) is 30.3 Å². The van der Waals surface area contributed by atoms with E-state index in [4.69, 9.17) is 17.2 Å². The Hall–Kier alpha value is -3.03. The zero-order valence-corrected chi connectivity index (χ0v) is 15.1. The largest absolute Gasteiger partial charge is 0.398 e. The topological polar surface area (TPSA) is 95.1 Å². The first kappa shape index (κ1) is 24.0. The number of halogens is 4. The van der Waals surface area contributed by atoms with E-state index >= 15 is 0 Å². The Labute approximate surface area is 155 Å². The molecule has 0 aliphatic carbocycles. The van der Waals surface area contributed by atoms with Gasteiger partial charge in [0, 0.05) is 22.5 Å². The number of anilines is 1. The molecule has 8 heteroatoms. The fraction of sp³-hybridized carbons (Fsp3) is 0.211. The van der Waals surface area contributed by atoms with Crippen molar-refractivity contribution in [1.29, 1.82) is 0 Å². The van der Waals surface area contributed by atoms with E-state index in [0.29, 0.717) is 0 Å². The van der Waals surface area contributed by atoms with Crippen LogP contribution in [0.4, 0.5) is 23.2 Å². The molecule has 2 aromatic rings. The second kappa shape index (κ2) is 11.6. The van der Waals surface area contributed by atoms with Crippen LogP contribution in [0.1, 0.15) is 36.2 Å². The van der Waals surface area contributed by atoms with Crippen LogP contribution in [-0.4, -0.2) is 12.1 Å². The van der Waals surface area contributed by atoms with E-state index in [0.717, 1.165) is 6.08 Å². The van der Waals surface area contributed by atoms with Crippen LogP contribution in [0.25, 0.3) is 5.70 Å². The van der Waals surface area contributed by atoms with Gasteiger partial charge in [-0.3, -0.25) is 4.79 Å². The van der Waals surface area contributed by atoms with Crippen LogP contribution >= 0.6 is 0 Å². The highest BCUT2D eigenvalue weighted by Gasteiger charge is 2.25. The van der Waals surface area contributed by atoms with E-state index in [-0.39, 0.29) is 28.3 Å². The van der Waals surface area contributed by atoms with Gasteiger partial charge in [0.25, 0.3) is 0 Å². The lowest BCUT2D eigenvalue weighted by Gasteiger charge is -2.08. The van der Waals surface area contributed by atoms with Crippen molar-refractivity contribution >= 4 is 17.3 Å². The van der Waals surface area contributed by atoms with Gasteiger partial charge in [0.1, 0.15) is 5.82 Å². The van der Waals surface area contributed by atoms with Crippen LogP contribution < -0.4 is 17.2 Å². The zero-order valence-electron chi connectivity index (χ0n) is 15.1. The molecule has 0 spiro atoms. The maximum absolute atomic E-state index is 12.0. The van der Waals surface area contributed by atoms with Crippen LogP contribution in [-0.2, 0) is 0 Å². The minimum Gasteiger partial charge on any atom is -0.398 e. The molecule has 0 radical (unpaired) electrons. The van der Waals surface area contributed by atoms with Crippen molar-refractivity contribution in [2.24, 2.45) is 11.5 Å². The van der Waals surface area contributed by atoms with Gasteiger partial charge in [0.2, 0.25) is 5.91 Å².